The second-order valence-electron chi connectivity index (χ2n) is 6.44. The van der Waals surface area contributed by atoms with Gasteiger partial charge < -0.3 is 15.0 Å². The molecule has 4 rings (SSSR count). The van der Waals surface area contributed by atoms with Gasteiger partial charge in [-0.1, -0.05) is 29.8 Å². The molecule has 0 unspecified atom stereocenters. The van der Waals surface area contributed by atoms with Crippen molar-refractivity contribution < 1.29 is 9.53 Å². The zero-order valence-corrected chi connectivity index (χ0v) is 17.0. The Morgan fingerprint density at radius 1 is 1.21 bits per heavy atom. The Balaban J connectivity index is 1.78. The van der Waals surface area contributed by atoms with E-state index in [9.17, 15) is 4.79 Å². The third-order valence-corrected chi connectivity index (χ3v) is 5.96. The number of rotatable bonds is 4. The predicted octanol–water partition coefficient (Wildman–Crippen LogP) is 4.83. The Morgan fingerprint density at radius 3 is 2.75 bits per heavy atom. The number of para-hydroxylation sites is 1. The second-order valence-corrected chi connectivity index (χ2v) is 8.07. The van der Waals surface area contributed by atoms with Crippen molar-refractivity contribution in [1.29, 1.82) is 0 Å². The number of thioether (sulfide) groups is 1. The van der Waals surface area contributed by atoms with Gasteiger partial charge in [-0.25, -0.2) is 0 Å². The van der Waals surface area contributed by atoms with Gasteiger partial charge in [-0.3, -0.25) is 9.78 Å². The van der Waals surface area contributed by atoms with Gasteiger partial charge in [0.15, 0.2) is 0 Å². The number of nitrogens with one attached hydrogen (secondary N) is 1. The molecular formula is C21H20ClN3O2S. The van der Waals surface area contributed by atoms with Crippen LogP contribution in [0.25, 0.3) is 10.9 Å². The minimum Gasteiger partial charge on any atom is -0.495 e. The van der Waals surface area contributed by atoms with E-state index in [4.69, 9.17) is 16.3 Å². The van der Waals surface area contributed by atoms with Gasteiger partial charge in [0.05, 0.1) is 28.9 Å². The first-order valence-corrected chi connectivity index (χ1v) is 10.6. The zero-order chi connectivity index (χ0) is 19.5. The lowest BCUT2D eigenvalue weighted by Gasteiger charge is -2.27. The second kappa shape index (κ2) is 8.29. The summed E-state index contributed by atoms with van der Waals surface area (Å²) in [7, 11) is 1.58. The minimum absolute atomic E-state index is 0.000613. The fourth-order valence-corrected chi connectivity index (χ4v) is 4.42. The van der Waals surface area contributed by atoms with Gasteiger partial charge in [0.25, 0.3) is 5.91 Å². The minimum atomic E-state index is 0.000613. The van der Waals surface area contributed by atoms with Crippen LogP contribution < -0.4 is 10.1 Å². The molecule has 28 heavy (non-hydrogen) atoms. The van der Waals surface area contributed by atoms with E-state index >= 15 is 0 Å². The number of hydrogen-bond acceptors (Lipinski definition) is 5. The van der Waals surface area contributed by atoms with Gasteiger partial charge in [-0.05, 0) is 24.3 Å². The number of benzene rings is 2. The van der Waals surface area contributed by atoms with E-state index in [1.54, 1.807) is 25.4 Å². The number of aromatic nitrogens is 1. The Kier molecular flexibility index (Phi) is 5.59. The number of fused-ring (bicyclic) bond motifs is 1. The number of anilines is 2. The molecule has 3 aromatic rings. The third-order valence-electron chi connectivity index (χ3n) is 4.73. The van der Waals surface area contributed by atoms with Gasteiger partial charge in [0.1, 0.15) is 5.75 Å². The number of pyridine rings is 1. The summed E-state index contributed by atoms with van der Waals surface area (Å²) in [6.07, 6.45) is 1.67. The number of nitrogens with zero attached hydrogens (tertiary/aromatic N) is 2. The fraction of sp³-hybridized carbons (Fsp3) is 0.238. The van der Waals surface area contributed by atoms with Crippen LogP contribution in [0, 0.1) is 0 Å². The van der Waals surface area contributed by atoms with Gasteiger partial charge in [-0.2, -0.15) is 11.8 Å². The van der Waals surface area contributed by atoms with Crippen molar-refractivity contribution in [2.24, 2.45) is 0 Å². The van der Waals surface area contributed by atoms with Crippen molar-refractivity contribution in [3.05, 3.63) is 59.2 Å². The van der Waals surface area contributed by atoms with Crippen molar-refractivity contribution in [3.8, 4) is 5.75 Å². The summed E-state index contributed by atoms with van der Waals surface area (Å²) in [5.41, 5.74) is 2.92. The number of methoxy groups -OCH3 is 1. The van der Waals surface area contributed by atoms with Crippen molar-refractivity contribution in [2.75, 3.05) is 37.0 Å². The van der Waals surface area contributed by atoms with Gasteiger partial charge >= 0.3 is 0 Å². The molecule has 2 heterocycles. The lowest BCUT2D eigenvalue weighted by atomic mass is 10.1. The van der Waals surface area contributed by atoms with Crippen LogP contribution in [0.2, 0.25) is 5.02 Å². The smallest absolute Gasteiger partial charge is 0.257 e. The van der Waals surface area contributed by atoms with Crippen LogP contribution in [0.1, 0.15) is 10.4 Å². The third kappa shape index (κ3) is 3.75. The van der Waals surface area contributed by atoms with E-state index in [1.807, 2.05) is 47.0 Å². The van der Waals surface area contributed by atoms with Crippen LogP contribution in [0.15, 0.2) is 48.7 Å². The molecule has 1 N–H and O–H groups in total. The highest BCUT2D eigenvalue weighted by atomic mass is 35.5. The Labute approximate surface area is 173 Å². The molecule has 2 aromatic carbocycles. The van der Waals surface area contributed by atoms with Gasteiger partial charge in [-0.15, -0.1) is 0 Å². The number of amides is 1. The normalized spacial score (nSPS) is 14.1. The van der Waals surface area contributed by atoms with E-state index in [1.165, 1.54) is 0 Å². The highest BCUT2D eigenvalue weighted by molar-refractivity contribution is 7.99. The largest absolute Gasteiger partial charge is 0.495 e. The summed E-state index contributed by atoms with van der Waals surface area (Å²) in [5, 5.41) is 4.80. The van der Waals surface area contributed by atoms with Crippen LogP contribution in [-0.2, 0) is 0 Å². The monoisotopic (exact) mass is 413 g/mol. The summed E-state index contributed by atoms with van der Waals surface area (Å²) in [6.45, 7) is 1.51. The van der Waals surface area contributed by atoms with Gasteiger partial charge in [0, 0.05) is 41.9 Å². The molecule has 0 saturated carbocycles. The molecule has 1 aliphatic heterocycles. The van der Waals surface area contributed by atoms with E-state index in [0.29, 0.717) is 16.3 Å². The first-order chi connectivity index (χ1) is 13.7. The lowest BCUT2D eigenvalue weighted by molar-refractivity contribution is 0.0773. The maximum absolute atomic E-state index is 13.2. The number of ether oxygens (including phenoxy) is 1. The molecule has 0 bridgehead atoms. The van der Waals surface area contributed by atoms with E-state index in [0.717, 1.165) is 46.9 Å². The first-order valence-electron chi connectivity index (χ1n) is 9.02. The van der Waals surface area contributed by atoms with Gasteiger partial charge in [0.2, 0.25) is 0 Å². The topological polar surface area (TPSA) is 54.5 Å². The van der Waals surface area contributed by atoms with Crippen molar-refractivity contribution in [1.82, 2.24) is 9.88 Å². The molecule has 144 valence electrons. The lowest BCUT2D eigenvalue weighted by Crippen LogP contribution is -2.38. The van der Waals surface area contributed by atoms with E-state index in [2.05, 4.69) is 10.3 Å². The summed E-state index contributed by atoms with van der Waals surface area (Å²) in [4.78, 5) is 19.6. The molecule has 0 aliphatic carbocycles. The maximum Gasteiger partial charge on any atom is 0.257 e. The van der Waals surface area contributed by atoms with Crippen molar-refractivity contribution >= 4 is 51.5 Å². The number of halogens is 1. The molecule has 1 amide bonds. The maximum atomic E-state index is 13.2. The summed E-state index contributed by atoms with van der Waals surface area (Å²) >= 11 is 8.16. The molecule has 0 atom stereocenters. The average Bonchev–Trinajstić information content (AvgIpc) is 2.74. The number of hydrogen-bond donors (Lipinski definition) is 1. The highest BCUT2D eigenvalue weighted by Crippen LogP contribution is 2.33. The molecule has 1 aromatic heterocycles. The van der Waals surface area contributed by atoms with Crippen molar-refractivity contribution in [3.63, 3.8) is 0 Å². The molecule has 1 fully saturated rings. The summed E-state index contributed by atoms with van der Waals surface area (Å²) in [6, 6.07) is 13.3. The van der Waals surface area contributed by atoms with E-state index < -0.39 is 0 Å². The number of carbonyl (C=O) groups is 1. The fourth-order valence-electron chi connectivity index (χ4n) is 3.26. The van der Waals surface area contributed by atoms with Crippen LogP contribution in [0.4, 0.5) is 11.4 Å². The summed E-state index contributed by atoms with van der Waals surface area (Å²) in [5.74, 6) is 2.53. The zero-order valence-electron chi connectivity index (χ0n) is 15.4. The first kappa shape index (κ1) is 18.9. The van der Waals surface area contributed by atoms with Crippen LogP contribution in [0.3, 0.4) is 0 Å². The molecule has 5 nitrogen and oxygen atoms in total. The summed E-state index contributed by atoms with van der Waals surface area (Å²) < 4.78 is 5.23. The molecule has 1 saturated heterocycles. The SMILES string of the molecule is COc1ccc(Nc2c(C(=O)N3CCSCC3)cnc3ccccc23)cc1Cl. The van der Waals surface area contributed by atoms with Crippen LogP contribution in [-0.4, -0.2) is 47.5 Å². The van der Waals surface area contributed by atoms with Crippen LogP contribution in [0.5, 0.6) is 5.75 Å². The highest BCUT2D eigenvalue weighted by Gasteiger charge is 2.23. The Morgan fingerprint density at radius 2 is 2.00 bits per heavy atom. The predicted molar refractivity (Wildman–Crippen MR) is 116 cm³/mol. The Bertz CT molecular complexity index is 1020. The molecule has 0 radical (unpaired) electrons. The quantitative estimate of drug-likeness (QED) is 0.663. The number of carbonyl (C=O) groups excluding carboxylic acids is 1. The molecule has 7 heteroatoms. The average molecular weight is 414 g/mol. The molecule has 0 spiro atoms. The Hall–Kier alpha value is -2.44. The van der Waals surface area contributed by atoms with Crippen LogP contribution >= 0.6 is 23.4 Å². The molecule has 1 aliphatic rings. The standard InChI is InChI=1S/C21H20ClN3O2S/c1-27-19-7-6-14(12-17(19)22)24-20-15-4-2-3-5-18(15)23-13-16(20)21(26)25-8-10-28-11-9-25/h2-7,12-13H,8-11H2,1H3,(H,23,24). The van der Waals surface area contributed by atoms with Crippen molar-refractivity contribution in [2.45, 2.75) is 0 Å². The molecular weight excluding hydrogens is 394 g/mol. The van der Waals surface area contributed by atoms with E-state index in [-0.39, 0.29) is 5.91 Å².